The van der Waals surface area contributed by atoms with Gasteiger partial charge in [-0.25, -0.2) is 4.39 Å². The van der Waals surface area contributed by atoms with E-state index in [-0.39, 0.29) is 16.1 Å². The molecule has 0 atom stereocenters. The fourth-order valence-electron chi connectivity index (χ4n) is 1.39. The molecule has 1 amide bonds. The van der Waals surface area contributed by atoms with Gasteiger partial charge in [0.25, 0.3) is 5.91 Å². The van der Waals surface area contributed by atoms with Gasteiger partial charge in [0.1, 0.15) is 11.6 Å². The normalized spacial score (nSPS) is 10.1. The molecular weight excluding hydrogens is 301 g/mol. The van der Waals surface area contributed by atoms with E-state index in [2.05, 4.69) is 21.2 Å². The van der Waals surface area contributed by atoms with Gasteiger partial charge in [-0.15, -0.1) is 0 Å². The number of nitrogens with one attached hydrogen (secondary N) is 1. The highest BCUT2D eigenvalue weighted by atomic mass is 79.9. The molecule has 0 aliphatic rings. The first-order chi connectivity index (χ1) is 8.56. The van der Waals surface area contributed by atoms with E-state index in [1.165, 1.54) is 30.3 Å². The minimum absolute atomic E-state index is 0.123. The van der Waals surface area contributed by atoms with Crippen LogP contribution in [0, 0.1) is 5.82 Å². The third-order valence-corrected chi connectivity index (χ3v) is 2.91. The molecule has 0 fully saturated rings. The van der Waals surface area contributed by atoms with E-state index in [0.29, 0.717) is 11.3 Å². The maximum atomic E-state index is 13.0. The molecule has 0 saturated heterocycles. The van der Waals surface area contributed by atoms with Crippen LogP contribution in [0.5, 0.6) is 5.75 Å². The molecule has 18 heavy (non-hydrogen) atoms. The average molecular weight is 310 g/mol. The highest BCUT2D eigenvalue weighted by Gasteiger charge is 2.08. The summed E-state index contributed by atoms with van der Waals surface area (Å²) >= 11 is 3.02. The summed E-state index contributed by atoms with van der Waals surface area (Å²) in [4.78, 5) is 11.8. The van der Waals surface area contributed by atoms with Gasteiger partial charge in [-0.2, -0.15) is 0 Å². The summed E-state index contributed by atoms with van der Waals surface area (Å²) in [5, 5.41) is 11.8. The Bertz CT molecular complexity index is 584. The Morgan fingerprint density at radius 1 is 1.17 bits per heavy atom. The summed E-state index contributed by atoms with van der Waals surface area (Å²) in [6.45, 7) is 0. The van der Waals surface area contributed by atoms with E-state index in [9.17, 15) is 9.18 Å². The van der Waals surface area contributed by atoms with Crippen LogP contribution in [0.3, 0.4) is 0 Å². The molecule has 92 valence electrons. The van der Waals surface area contributed by atoms with Crippen LogP contribution in [0.1, 0.15) is 10.4 Å². The van der Waals surface area contributed by atoms with Crippen molar-refractivity contribution in [2.45, 2.75) is 0 Å². The summed E-state index contributed by atoms with van der Waals surface area (Å²) in [7, 11) is 0. The molecule has 0 spiro atoms. The summed E-state index contributed by atoms with van der Waals surface area (Å²) in [5.74, 6) is -0.643. The van der Waals surface area contributed by atoms with Crippen molar-refractivity contribution in [2.24, 2.45) is 0 Å². The molecule has 0 radical (unpaired) electrons. The van der Waals surface area contributed by atoms with Crippen LogP contribution >= 0.6 is 15.9 Å². The molecule has 5 heteroatoms. The Kier molecular flexibility index (Phi) is 3.62. The minimum atomic E-state index is -0.420. The lowest BCUT2D eigenvalue weighted by Gasteiger charge is -2.06. The monoisotopic (exact) mass is 309 g/mol. The molecular formula is C13H9BrFNO2. The molecule has 0 aliphatic heterocycles. The molecule has 0 heterocycles. The van der Waals surface area contributed by atoms with Crippen molar-refractivity contribution in [1.82, 2.24) is 0 Å². The second kappa shape index (κ2) is 5.18. The first kappa shape index (κ1) is 12.6. The van der Waals surface area contributed by atoms with E-state index < -0.39 is 5.82 Å². The summed E-state index contributed by atoms with van der Waals surface area (Å²) in [6, 6.07) is 10.1. The van der Waals surface area contributed by atoms with Crippen LogP contribution in [-0.2, 0) is 0 Å². The third-order valence-electron chi connectivity index (χ3n) is 2.31. The van der Waals surface area contributed by atoms with Gasteiger partial charge in [-0.3, -0.25) is 4.79 Å². The number of benzene rings is 2. The van der Waals surface area contributed by atoms with Crippen LogP contribution in [0.2, 0.25) is 0 Å². The van der Waals surface area contributed by atoms with Gasteiger partial charge in [0.05, 0.1) is 4.47 Å². The van der Waals surface area contributed by atoms with Crippen molar-refractivity contribution >= 4 is 27.5 Å². The van der Waals surface area contributed by atoms with Crippen LogP contribution < -0.4 is 5.32 Å². The van der Waals surface area contributed by atoms with Crippen molar-refractivity contribution in [2.75, 3.05) is 5.32 Å². The predicted molar refractivity (Wildman–Crippen MR) is 70.2 cm³/mol. The molecule has 0 saturated carbocycles. The van der Waals surface area contributed by atoms with Gasteiger partial charge < -0.3 is 10.4 Å². The van der Waals surface area contributed by atoms with Crippen molar-refractivity contribution in [3.8, 4) is 5.75 Å². The maximum Gasteiger partial charge on any atom is 0.255 e. The number of hydrogen-bond donors (Lipinski definition) is 2. The summed E-state index contributed by atoms with van der Waals surface area (Å²) < 4.78 is 13.3. The zero-order valence-corrected chi connectivity index (χ0v) is 10.7. The topological polar surface area (TPSA) is 49.3 Å². The maximum absolute atomic E-state index is 13.0. The number of hydrogen-bond acceptors (Lipinski definition) is 2. The second-order valence-corrected chi connectivity index (χ2v) is 4.48. The van der Waals surface area contributed by atoms with Crippen molar-refractivity contribution < 1.29 is 14.3 Å². The Morgan fingerprint density at radius 3 is 2.44 bits per heavy atom. The Morgan fingerprint density at radius 2 is 1.83 bits per heavy atom. The summed E-state index contributed by atoms with van der Waals surface area (Å²) in [5.41, 5.74) is 0.898. The quantitative estimate of drug-likeness (QED) is 0.834. The Hall–Kier alpha value is -1.88. The van der Waals surface area contributed by atoms with Crippen LogP contribution in [0.15, 0.2) is 46.9 Å². The van der Waals surface area contributed by atoms with Crippen LogP contribution in [-0.4, -0.2) is 11.0 Å². The van der Waals surface area contributed by atoms with Crippen LogP contribution in [0.25, 0.3) is 0 Å². The van der Waals surface area contributed by atoms with Gasteiger partial charge in [0.15, 0.2) is 0 Å². The molecule has 2 aromatic carbocycles. The molecule has 3 nitrogen and oxygen atoms in total. The fraction of sp³-hybridized carbons (Fsp3) is 0. The zero-order valence-electron chi connectivity index (χ0n) is 9.15. The number of carbonyl (C=O) groups is 1. The predicted octanol–water partition coefficient (Wildman–Crippen LogP) is 3.55. The van der Waals surface area contributed by atoms with Crippen molar-refractivity contribution in [1.29, 1.82) is 0 Å². The van der Waals surface area contributed by atoms with Gasteiger partial charge in [0.2, 0.25) is 0 Å². The van der Waals surface area contributed by atoms with Gasteiger partial charge >= 0.3 is 0 Å². The smallest absolute Gasteiger partial charge is 0.255 e. The molecule has 0 aromatic heterocycles. The first-order valence-corrected chi connectivity index (χ1v) is 5.91. The first-order valence-electron chi connectivity index (χ1n) is 5.12. The fourth-order valence-corrected chi connectivity index (χ4v) is 1.76. The van der Waals surface area contributed by atoms with Gasteiger partial charge in [0, 0.05) is 11.3 Å². The van der Waals surface area contributed by atoms with E-state index in [1.807, 2.05) is 0 Å². The molecule has 2 aromatic rings. The highest BCUT2D eigenvalue weighted by molar-refractivity contribution is 9.10. The molecule has 2 N–H and O–H groups in total. The molecule has 0 bridgehead atoms. The van der Waals surface area contributed by atoms with Gasteiger partial charge in [-0.05, 0) is 58.4 Å². The highest BCUT2D eigenvalue weighted by Crippen LogP contribution is 2.19. The average Bonchev–Trinajstić information content (AvgIpc) is 2.35. The number of halogens is 2. The lowest BCUT2D eigenvalue weighted by molar-refractivity contribution is 0.102. The number of aromatic hydroxyl groups is 1. The third kappa shape index (κ3) is 2.87. The van der Waals surface area contributed by atoms with Crippen molar-refractivity contribution in [3.05, 3.63) is 58.3 Å². The molecule has 0 aliphatic carbocycles. The van der Waals surface area contributed by atoms with E-state index in [1.54, 1.807) is 12.1 Å². The zero-order chi connectivity index (χ0) is 13.1. The lowest BCUT2D eigenvalue weighted by atomic mass is 10.2. The number of carbonyl (C=O) groups excluding carboxylic acids is 1. The van der Waals surface area contributed by atoms with E-state index in [0.717, 1.165) is 0 Å². The Labute approximate surface area is 111 Å². The van der Waals surface area contributed by atoms with Gasteiger partial charge in [-0.1, -0.05) is 0 Å². The minimum Gasteiger partial charge on any atom is -0.508 e. The Balaban J connectivity index is 2.16. The number of phenols is 1. The van der Waals surface area contributed by atoms with E-state index in [4.69, 9.17) is 5.11 Å². The SMILES string of the molecule is O=C(Nc1ccc(O)cc1)c1ccc(F)c(Br)c1. The standard InChI is InChI=1S/C13H9BrFNO2/c14-11-7-8(1-6-12(11)15)13(18)16-9-2-4-10(17)5-3-9/h1-7,17H,(H,16,18). The summed E-state index contributed by atoms with van der Waals surface area (Å²) in [6.07, 6.45) is 0. The molecule has 0 unspecified atom stereocenters. The number of anilines is 1. The molecule has 2 rings (SSSR count). The van der Waals surface area contributed by atoms with Crippen molar-refractivity contribution in [3.63, 3.8) is 0 Å². The van der Waals surface area contributed by atoms with Crippen LogP contribution in [0.4, 0.5) is 10.1 Å². The second-order valence-electron chi connectivity index (χ2n) is 3.63. The van der Waals surface area contributed by atoms with E-state index >= 15 is 0 Å². The number of phenolic OH excluding ortho intramolecular Hbond substituents is 1. The lowest BCUT2D eigenvalue weighted by Crippen LogP contribution is -2.11. The number of amides is 1. The largest absolute Gasteiger partial charge is 0.508 e. The number of rotatable bonds is 2.